The lowest BCUT2D eigenvalue weighted by Gasteiger charge is -2.39. The maximum absolute atomic E-state index is 6.25. The summed E-state index contributed by atoms with van der Waals surface area (Å²) in [6, 6.07) is 48.9. The monoisotopic (exact) mass is 515 g/mol. The zero-order valence-corrected chi connectivity index (χ0v) is 21.8. The summed E-state index contributed by atoms with van der Waals surface area (Å²) < 4.78 is 2.50. The van der Waals surface area contributed by atoms with Gasteiger partial charge >= 0.3 is 0 Å². The van der Waals surface area contributed by atoms with Crippen LogP contribution < -0.4 is 0 Å². The van der Waals surface area contributed by atoms with Crippen LogP contribution in [0.15, 0.2) is 133 Å². The zero-order valence-electron chi connectivity index (χ0n) is 21.0. The Kier molecular flexibility index (Phi) is 4.11. The van der Waals surface area contributed by atoms with E-state index in [0.717, 1.165) is 10.6 Å². The molecule has 6 aromatic carbocycles. The fourth-order valence-corrected chi connectivity index (χ4v) is 7.51. The molecule has 0 fully saturated rings. The molecule has 182 valence electrons. The minimum absolute atomic E-state index is 0.398. The average molecular weight is 516 g/mol. The van der Waals surface area contributed by atoms with Crippen LogP contribution in [0.3, 0.4) is 0 Å². The number of aromatic nitrogens is 1. The van der Waals surface area contributed by atoms with Gasteiger partial charge in [0.25, 0.3) is 0 Å². The van der Waals surface area contributed by atoms with Crippen LogP contribution in [0.4, 0.5) is 0 Å². The Bertz CT molecular complexity index is 2080. The SMILES string of the molecule is Clc1ccc(-c2ccc3c(c2)-n2c4ccccc4c4cccc(c42)C32c3ccccc3-c3ccccc32)cc1. The summed E-state index contributed by atoms with van der Waals surface area (Å²) in [7, 11) is 0. The fraction of sp³-hybridized carbons (Fsp3) is 0.0270. The van der Waals surface area contributed by atoms with Gasteiger partial charge in [-0.3, -0.25) is 0 Å². The van der Waals surface area contributed by atoms with Gasteiger partial charge < -0.3 is 4.57 Å². The molecule has 0 saturated carbocycles. The van der Waals surface area contributed by atoms with E-state index in [0.29, 0.717) is 0 Å². The highest BCUT2D eigenvalue weighted by atomic mass is 35.5. The Morgan fingerprint density at radius 3 is 1.87 bits per heavy atom. The predicted octanol–water partition coefficient (Wildman–Crippen LogP) is 9.78. The number of rotatable bonds is 1. The van der Waals surface area contributed by atoms with E-state index < -0.39 is 5.41 Å². The quantitative estimate of drug-likeness (QED) is 0.205. The molecule has 1 aliphatic heterocycles. The van der Waals surface area contributed by atoms with Crippen molar-refractivity contribution in [3.05, 3.63) is 161 Å². The van der Waals surface area contributed by atoms with E-state index in [2.05, 4.69) is 126 Å². The summed E-state index contributed by atoms with van der Waals surface area (Å²) in [5.41, 5.74) is 13.7. The molecule has 1 aliphatic carbocycles. The first-order valence-corrected chi connectivity index (χ1v) is 13.8. The van der Waals surface area contributed by atoms with Crippen LogP contribution in [0, 0.1) is 0 Å². The topological polar surface area (TPSA) is 4.93 Å². The number of hydrogen-bond acceptors (Lipinski definition) is 0. The molecule has 0 amide bonds. The molecule has 0 N–H and O–H groups in total. The predicted molar refractivity (Wildman–Crippen MR) is 162 cm³/mol. The van der Waals surface area contributed by atoms with Crippen molar-refractivity contribution in [3.63, 3.8) is 0 Å². The fourth-order valence-electron chi connectivity index (χ4n) is 7.39. The minimum Gasteiger partial charge on any atom is -0.309 e. The highest BCUT2D eigenvalue weighted by molar-refractivity contribution is 6.30. The first-order valence-electron chi connectivity index (χ1n) is 13.4. The van der Waals surface area contributed by atoms with Crippen molar-refractivity contribution in [2.24, 2.45) is 0 Å². The van der Waals surface area contributed by atoms with E-state index in [1.165, 1.54) is 66.4 Å². The standard InChI is InChI=1S/C37H22ClN/c38-25-19-16-23(17-20-25)24-18-21-32-35(22-24)39-34-15-6-3-10-28(34)29-11-7-14-33(36(29)39)37(32)30-12-4-1-8-26(30)27-9-2-5-13-31(27)37/h1-22H. The lowest BCUT2D eigenvalue weighted by Crippen LogP contribution is -2.33. The summed E-state index contributed by atoms with van der Waals surface area (Å²) in [6.07, 6.45) is 0. The van der Waals surface area contributed by atoms with E-state index in [1.807, 2.05) is 12.1 Å². The van der Waals surface area contributed by atoms with Gasteiger partial charge in [0.05, 0.1) is 22.1 Å². The molecule has 1 spiro atoms. The van der Waals surface area contributed by atoms with Crippen LogP contribution in [0.5, 0.6) is 0 Å². The molecule has 2 heteroatoms. The third kappa shape index (κ3) is 2.56. The van der Waals surface area contributed by atoms with Gasteiger partial charge in [0.1, 0.15) is 0 Å². The second-order valence-electron chi connectivity index (χ2n) is 10.6. The van der Waals surface area contributed by atoms with Gasteiger partial charge in [-0.1, -0.05) is 121 Å². The normalized spacial score (nSPS) is 14.0. The first kappa shape index (κ1) is 21.4. The minimum atomic E-state index is -0.398. The van der Waals surface area contributed by atoms with Gasteiger partial charge in [-0.15, -0.1) is 0 Å². The largest absolute Gasteiger partial charge is 0.309 e. The number of para-hydroxylation sites is 2. The zero-order chi connectivity index (χ0) is 25.7. The molecule has 1 aromatic heterocycles. The average Bonchev–Trinajstić information content (AvgIpc) is 3.48. The summed E-state index contributed by atoms with van der Waals surface area (Å²) >= 11 is 6.25. The van der Waals surface area contributed by atoms with Crippen LogP contribution in [0.2, 0.25) is 5.02 Å². The van der Waals surface area contributed by atoms with Crippen molar-refractivity contribution in [2.45, 2.75) is 5.41 Å². The van der Waals surface area contributed by atoms with Crippen molar-refractivity contribution in [3.8, 4) is 27.9 Å². The number of nitrogens with zero attached hydrogens (tertiary/aromatic N) is 1. The van der Waals surface area contributed by atoms with Crippen LogP contribution in [0.1, 0.15) is 22.3 Å². The molecule has 0 atom stereocenters. The maximum Gasteiger partial charge on any atom is 0.0754 e. The highest BCUT2D eigenvalue weighted by Crippen LogP contribution is 2.61. The van der Waals surface area contributed by atoms with Crippen molar-refractivity contribution >= 4 is 33.4 Å². The molecule has 39 heavy (non-hydrogen) atoms. The Labute approximate surface area is 231 Å². The van der Waals surface area contributed by atoms with E-state index >= 15 is 0 Å². The molecular weight excluding hydrogens is 494 g/mol. The Morgan fingerprint density at radius 2 is 1.10 bits per heavy atom. The van der Waals surface area contributed by atoms with Crippen LogP contribution in [-0.4, -0.2) is 4.57 Å². The molecule has 0 bridgehead atoms. The molecule has 0 radical (unpaired) electrons. The number of halogens is 1. The number of hydrogen-bond donors (Lipinski definition) is 0. The first-order chi connectivity index (χ1) is 19.3. The van der Waals surface area contributed by atoms with Gasteiger partial charge in [0.15, 0.2) is 0 Å². The Balaban J connectivity index is 1.51. The molecule has 7 aromatic rings. The Hall–Kier alpha value is -4.59. The molecule has 0 saturated heterocycles. The Morgan fingerprint density at radius 1 is 0.487 bits per heavy atom. The molecule has 0 unspecified atom stereocenters. The molecular formula is C37H22ClN. The lowest BCUT2D eigenvalue weighted by atomic mass is 9.65. The molecule has 2 aliphatic rings. The second kappa shape index (κ2) is 7.50. The number of benzene rings is 6. The second-order valence-corrected chi connectivity index (χ2v) is 11.1. The van der Waals surface area contributed by atoms with Gasteiger partial charge in [-0.2, -0.15) is 0 Å². The molecule has 1 nitrogen and oxygen atoms in total. The number of fused-ring (bicyclic) bond motifs is 12. The smallest absolute Gasteiger partial charge is 0.0754 e. The van der Waals surface area contributed by atoms with Crippen molar-refractivity contribution < 1.29 is 0 Å². The highest BCUT2D eigenvalue weighted by Gasteiger charge is 2.50. The maximum atomic E-state index is 6.25. The van der Waals surface area contributed by atoms with Gasteiger partial charge in [0.2, 0.25) is 0 Å². The van der Waals surface area contributed by atoms with E-state index in [9.17, 15) is 0 Å². The molecule has 9 rings (SSSR count). The van der Waals surface area contributed by atoms with E-state index in [-0.39, 0.29) is 0 Å². The van der Waals surface area contributed by atoms with Crippen molar-refractivity contribution in [2.75, 3.05) is 0 Å². The third-order valence-corrected chi connectivity index (χ3v) is 9.12. The van der Waals surface area contributed by atoms with Crippen molar-refractivity contribution in [1.82, 2.24) is 4.57 Å². The molecule has 2 heterocycles. The van der Waals surface area contributed by atoms with Gasteiger partial charge in [-0.05, 0) is 68.8 Å². The summed E-state index contributed by atoms with van der Waals surface area (Å²) in [4.78, 5) is 0. The van der Waals surface area contributed by atoms with Crippen molar-refractivity contribution in [1.29, 1.82) is 0 Å². The van der Waals surface area contributed by atoms with Crippen LogP contribution >= 0.6 is 11.6 Å². The van der Waals surface area contributed by atoms with Gasteiger partial charge in [0, 0.05) is 15.8 Å². The van der Waals surface area contributed by atoms with E-state index in [1.54, 1.807) is 0 Å². The van der Waals surface area contributed by atoms with E-state index in [4.69, 9.17) is 11.6 Å². The third-order valence-electron chi connectivity index (χ3n) is 8.87. The van der Waals surface area contributed by atoms with Crippen LogP contribution in [-0.2, 0) is 5.41 Å². The summed E-state index contributed by atoms with van der Waals surface area (Å²) in [5, 5.41) is 3.34. The van der Waals surface area contributed by atoms with Crippen LogP contribution in [0.25, 0.3) is 49.7 Å². The summed E-state index contributed by atoms with van der Waals surface area (Å²) in [6.45, 7) is 0. The van der Waals surface area contributed by atoms with Gasteiger partial charge in [-0.25, -0.2) is 0 Å². The lowest BCUT2D eigenvalue weighted by molar-refractivity contribution is 0.748. The summed E-state index contributed by atoms with van der Waals surface area (Å²) in [5.74, 6) is 0.